The molecule has 0 fully saturated rings. The maximum atomic E-state index is 13.7. The Hall–Kier alpha value is -2.33. The van der Waals surface area contributed by atoms with Crippen molar-refractivity contribution in [3.8, 4) is 0 Å². The number of benzene rings is 2. The molecule has 0 atom stereocenters. The fourth-order valence-electron chi connectivity index (χ4n) is 2.32. The summed E-state index contributed by atoms with van der Waals surface area (Å²) >= 11 is 6.05. The number of furan rings is 1. The van der Waals surface area contributed by atoms with Crippen LogP contribution in [0.15, 0.2) is 46.9 Å². The van der Waals surface area contributed by atoms with E-state index in [4.69, 9.17) is 16.0 Å². The molecule has 3 rings (SSSR count). The summed E-state index contributed by atoms with van der Waals surface area (Å²) in [5.74, 6) is -0.758. The van der Waals surface area contributed by atoms with Gasteiger partial charge in [0.1, 0.15) is 0 Å². The van der Waals surface area contributed by atoms with E-state index in [0.29, 0.717) is 16.0 Å². The maximum Gasteiger partial charge on any atom is 0.287 e. The molecule has 0 unspecified atom stereocenters. The molecule has 0 radical (unpaired) electrons. The molecule has 0 aliphatic rings. The fourth-order valence-corrected chi connectivity index (χ4v) is 2.53. The van der Waals surface area contributed by atoms with E-state index in [1.165, 1.54) is 6.07 Å². The molecule has 22 heavy (non-hydrogen) atoms. The molecule has 0 saturated carbocycles. The minimum Gasteiger partial charge on any atom is -0.448 e. The van der Waals surface area contributed by atoms with Crippen molar-refractivity contribution >= 4 is 28.5 Å². The predicted molar refractivity (Wildman–Crippen MR) is 83.5 cm³/mol. The maximum absolute atomic E-state index is 13.7. The molecule has 0 bridgehead atoms. The van der Waals surface area contributed by atoms with Gasteiger partial charge < -0.3 is 9.73 Å². The van der Waals surface area contributed by atoms with Crippen molar-refractivity contribution in [3.05, 3.63) is 70.2 Å². The van der Waals surface area contributed by atoms with Crippen molar-refractivity contribution in [1.82, 2.24) is 5.32 Å². The summed E-state index contributed by atoms with van der Waals surface area (Å²) < 4.78 is 19.1. The molecule has 112 valence electrons. The summed E-state index contributed by atoms with van der Waals surface area (Å²) in [4.78, 5) is 12.3. The van der Waals surface area contributed by atoms with E-state index in [1.807, 2.05) is 18.2 Å². The lowest BCUT2D eigenvalue weighted by atomic mass is 10.1. The number of para-hydroxylation sites is 1. The minimum atomic E-state index is -0.481. The van der Waals surface area contributed by atoms with Crippen molar-refractivity contribution in [3.63, 3.8) is 0 Å². The van der Waals surface area contributed by atoms with Gasteiger partial charge in [-0.2, -0.15) is 0 Å². The van der Waals surface area contributed by atoms with Crippen molar-refractivity contribution < 1.29 is 13.6 Å². The zero-order valence-electron chi connectivity index (χ0n) is 11.8. The van der Waals surface area contributed by atoms with Crippen LogP contribution < -0.4 is 5.32 Å². The van der Waals surface area contributed by atoms with Crippen LogP contribution in [0.4, 0.5) is 4.39 Å². The Kier molecular flexibility index (Phi) is 3.86. The van der Waals surface area contributed by atoms with E-state index in [2.05, 4.69) is 5.32 Å². The lowest BCUT2D eigenvalue weighted by molar-refractivity contribution is 0.0924. The topological polar surface area (TPSA) is 42.2 Å². The highest BCUT2D eigenvalue weighted by Crippen LogP contribution is 2.27. The zero-order chi connectivity index (χ0) is 15.7. The van der Waals surface area contributed by atoms with Gasteiger partial charge in [0.05, 0.1) is 0 Å². The molecule has 1 amide bonds. The number of hydrogen-bond donors (Lipinski definition) is 1. The average Bonchev–Trinajstić information content (AvgIpc) is 2.85. The summed E-state index contributed by atoms with van der Waals surface area (Å²) in [6, 6.07) is 11.9. The summed E-state index contributed by atoms with van der Waals surface area (Å²) in [7, 11) is 0. The van der Waals surface area contributed by atoms with Crippen molar-refractivity contribution in [2.24, 2.45) is 0 Å². The highest BCUT2D eigenvalue weighted by molar-refractivity contribution is 6.31. The van der Waals surface area contributed by atoms with E-state index in [1.54, 1.807) is 25.1 Å². The SMILES string of the molecule is Cc1c(C(=O)NCc2ccccc2Cl)oc2c(F)cccc12. The van der Waals surface area contributed by atoms with Gasteiger partial charge >= 0.3 is 0 Å². The number of amides is 1. The third kappa shape index (κ3) is 2.57. The van der Waals surface area contributed by atoms with E-state index < -0.39 is 11.7 Å². The number of rotatable bonds is 3. The number of carbonyl (C=O) groups excluding carboxylic acids is 1. The highest BCUT2D eigenvalue weighted by Gasteiger charge is 2.19. The predicted octanol–water partition coefficient (Wildman–Crippen LogP) is 4.46. The summed E-state index contributed by atoms with van der Waals surface area (Å²) in [6.45, 7) is 2.01. The molecule has 1 aromatic heterocycles. The van der Waals surface area contributed by atoms with E-state index in [9.17, 15) is 9.18 Å². The monoisotopic (exact) mass is 317 g/mol. The summed E-state index contributed by atoms with van der Waals surface area (Å²) in [5, 5.41) is 3.92. The Bertz CT molecular complexity index is 857. The second kappa shape index (κ2) is 5.81. The number of fused-ring (bicyclic) bond motifs is 1. The van der Waals surface area contributed by atoms with Gasteiger partial charge in [-0.25, -0.2) is 4.39 Å². The van der Waals surface area contributed by atoms with E-state index in [-0.39, 0.29) is 17.9 Å². The van der Waals surface area contributed by atoms with Crippen LogP contribution in [-0.2, 0) is 6.54 Å². The third-order valence-corrected chi connectivity index (χ3v) is 3.89. The summed E-state index contributed by atoms with van der Waals surface area (Å²) in [5.41, 5.74) is 1.52. The first-order valence-electron chi connectivity index (χ1n) is 6.77. The van der Waals surface area contributed by atoms with Crippen LogP contribution >= 0.6 is 11.6 Å². The van der Waals surface area contributed by atoms with Gasteiger partial charge in [-0.1, -0.05) is 41.9 Å². The first-order valence-corrected chi connectivity index (χ1v) is 7.15. The molecule has 5 heteroatoms. The molecule has 0 spiro atoms. The first-order chi connectivity index (χ1) is 10.6. The lowest BCUT2D eigenvalue weighted by Crippen LogP contribution is -2.23. The molecule has 0 aliphatic carbocycles. The first kappa shape index (κ1) is 14.6. The highest BCUT2D eigenvalue weighted by atomic mass is 35.5. The van der Waals surface area contributed by atoms with Crippen molar-refractivity contribution in [2.75, 3.05) is 0 Å². The third-order valence-electron chi connectivity index (χ3n) is 3.52. The molecular formula is C17H13ClFNO2. The molecule has 0 saturated heterocycles. The van der Waals surface area contributed by atoms with Gasteiger partial charge in [0.15, 0.2) is 17.2 Å². The average molecular weight is 318 g/mol. The Morgan fingerprint density at radius 3 is 2.73 bits per heavy atom. The van der Waals surface area contributed by atoms with Crippen LogP contribution in [0.5, 0.6) is 0 Å². The number of carbonyl (C=O) groups is 1. The number of hydrogen-bond acceptors (Lipinski definition) is 2. The van der Waals surface area contributed by atoms with Crippen LogP contribution in [0.1, 0.15) is 21.7 Å². The normalized spacial score (nSPS) is 10.9. The van der Waals surface area contributed by atoms with Crippen LogP contribution in [-0.4, -0.2) is 5.91 Å². The number of halogens is 2. The van der Waals surface area contributed by atoms with Crippen LogP contribution in [0.2, 0.25) is 5.02 Å². The second-order valence-electron chi connectivity index (χ2n) is 4.95. The molecule has 2 aromatic carbocycles. The van der Waals surface area contributed by atoms with Crippen LogP contribution in [0.3, 0.4) is 0 Å². The van der Waals surface area contributed by atoms with Crippen molar-refractivity contribution in [2.45, 2.75) is 13.5 Å². The van der Waals surface area contributed by atoms with E-state index in [0.717, 1.165) is 5.56 Å². The summed E-state index contributed by atoms with van der Waals surface area (Å²) in [6.07, 6.45) is 0. The Labute approximate surface area is 131 Å². The molecule has 3 aromatic rings. The zero-order valence-corrected chi connectivity index (χ0v) is 12.6. The minimum absolute atomic E-state index is 0.0999. The molecule has 1 heterocycles. The van der Waals surface area contributed by atoms with Crippen LogP contribution in [0, 0.1) is 12.7 Å². The Balaban J connectivity index is 1.85. The molecule has 3 nitrogen and oxygen atoms in total. The standard InChI is InChI=1S/C17H13ClFNO2/c1-10-12-6-4-8-14(19)16(12)22-15(10)17(21)20-9-11-5-2-3-7-13(11)18/h2-8H,9H2,1H3,(H,20,21). The quantitative estimate of drug-likeness (QED) is 0.774. The molecule has 1 N–H and O–H groups in total. The number of aryl methyl sites for hydroxylation is 1. The molecule has 0 aliphatic heterocycles. The van der Waals surface area contributed by atoms with Gasteiger partial charge in [0.25, 0.3) is 5.91 Å². The van der Waals surface area contributed by atoms with Gasteiger partial charge in [-0.15, -0.1) is 0 Å². The van der Waals surface area contributed by atoms with Crippen LogP contribution in [0.25, 0.3) is 11.0 Å². The smallest absolute Gasteiger partial charge is 0.287 e. The van der Waals surface area contributed by atoms with Crippen molar-refractivity contribution in [1.29, 1.82) is 0 Å². The van der Waals surface area contributed by atoms with E-state index >= 15 is 0 Å². The van der Waals surface area contributed by atoms with Gasteiger partial charge in [-0.3, -0.25) is 4.79 Å². The fraction of sp³-hybridized carbons (Fsp3) is 0.118. The number of nitrogens with one attached hydrogen (secondary N) is 1. The Morgan fingerprint density at radius 1 is 1.23 bits per heavy atom. The molecular weight excluding hydrogens is 305 g/mol. The second-order valence-corrected chi connectivity index (χ2v) is 5.35. The van der Waals surface area contributed by atoms with Gasteiger partial charge in [-0.05, 0) is 24.6 Å². The largest absolute Gasteiger partial charge is 0.448 e. The van der Waals surface area contributed by atoms with Gasteiger partial charge in [0, 0.05) is 22.5 Å². The lowest BCUT2D eigenvalue weighted by Gasteiger charge is -2.05. The Morgan fingerprint density at radius 2 is 2.00 bits per heavy atom. The van der Waals surface area contributed by atoms with Gasteiger partial charge in [0.2, 0.25) is 0 Å².